The van der Waals surface area contributed by atoms with Crippen molar-refractivity contribution in [2.75, 3.05) is 18.1 Å². The second-order valence-corrected chi connectivity index (χ2v) is 8.33. The molecule has 0 saturated heterocycles. The Morgan fingerprint density at radius 1 is 1.36 bits per heavy atom. The van der Waals surface area contributed by atoms with Gasteiger partial charge >= 0.3 is 5.69 Å². The van der Waals surface area contributed by atoms with Crippen molar-refractivity contribution in [1.29, 1.82) is 0 Å². The number of sulfonamides is 1. The van der Waals surface area contributed by atoms with Crippen molar-refractivity contribution in [3.63, 3.8) is 0 Å². The van der Waals surface area contributed by atoms with E-state index >= 15 is 0 Å². The molecule has 1 aliphatic carbocycles. The van der Waals surface area contributed by atoms with Crippen LogP contribution in [0.4, 0.5) is 11.4 Å². The average molecular weight is 367 g/mol. The van der Waals surface area contributed by atoms with E-state index in [0.29, 0.717) is 16.7 Å². The Labute approximate surface area is 145 Å². The topological polar surface area (TPSA) is 130 Å². The standard InChI is InChI=1S/C15H21N5O4S/c1-16-25(23,24)9-10-2-4-11(5-3-10)19-14-12-6-7-17-15(12)18-8-13(14)20(21)22/h6-8,10-11,16H,2-5,9H2,1H3,(H2,17,18,19)/t10-,11-. The molecule has 3 N–H and O–H groups in total. The van der Waals surface area contributed by atoms with Crippen LogP contribution < -0.4 is 10.0 Å². The summed E-state index contributed by atoms with van der Waals surface area (Å²) in [5.41, 5.74) is 1.02. The second kappa shape index (κ2) is 6.96. The molecule has 2 aromatic rings. The van der Waals surface area contributed by atoms with Gasteiger partial charge in [0.05, 0.1) is 10.7 Å². The van der Waals surface area contributed by atoms with E-state index in [4.69, 9.17) is 0 Å². The number of anilines is 1. The highest BCUT2D eigenvalue weighted by molar-refractivity contribution is 7.89. The van der Waals surface area contributed by atoms with Crippen molar-refractivity contribution >= 4 is 32.4 Å². The fourth-order valence-electron chi connectivity index (χ4n) is 3.36. The predicted molar refractivity (Wildman–Crippen MR) is 95.0 cm³/mol. The first-order valence-electron chi connectivity index (χ1n) is 8.18. The van der Waals surface area contributed by atoms with Gasteiger partial charge in [0, 0.05) is 17.6 Å². The normalized spacial score (nSPS) is 21.3. The van der Waals surface area contributed by atoms with Crippen LogP contribution in [-0.4, -0.2) is 42.2 Å². The quantitative estimate of drug-likeness (QED) is 0.529. The molecule has 0 unspecified atom stereocenters. The summed E-state index contributed by atoms with van der Waals surface area (Å²) in [4.78, 5) is 17.9. The Bertz CT molecular complexity index is 871. The number of nitrogens with one attached hydrogen (secondary N) is 3. The number of hydrogen-bond donors (Lipinski definition) is 3. The summed E-state index contributed by atoms with van der Waals surface area (Å²) in [6.07, 6.45) is 6.05. The van der Waals surface area contributed by atoms with E-state index in [9.17, 15) is 18.5 Å². The highest BCUT2D eigenvalue weighted by atomic mass is 32.2. The fraction of sp³-hybridized carbons (Fsp3) is 0.533. The van der Waals surface area contributed by atoms with Gasteiger partial charge in [0.25, 0.3) is 0 Å². The van der Waals surface area contributed by atoms with Crippen molar-refractivity contribution in [2.24, 2.45) is 5.92 Å². The van der Waals surface area contributed by atoms with Gasteiger partial charge in [-0.25, -0.2) is 18.1 Å². The van der Waals surface area contributed by atoms with Crippen LogP contribution in [0.5, 0.6) is 0 Å². The number of rotatable bonds is 6. The molecule has 0 aliphatic heterocycles. The summed E-state index contributed by atoms with van der Waals surface area (Å²) in [5, 5.41) is 15.3. The summed E-state index contributed by atoms with van der Waals surface area (Å²) < 4.78 is 25.7. The van der Waals surface area contributed by atoms with Gasteiger partial charge in [0.2, 0.25) is 10.0 Å². The number of aromatic nitrogens is 2. The number of aromatic amines is 1. The van der Waals surface area contributed by atoms with E-state index in [0.717, 1.165) is 25.7 Å². The summed E-state index contributed by atoms with van der Waals surface area (Å²) in [6.45, 7) is 0. The molecule has 0 bridgehead atoms. The minimum Gasteiger partial charge on any atom is -0.376 e. The van der Waals surface area contributed by atoms with Gasteiger partial charge in [-0.05, 0) is 44.7 Å². The van der Waals surface area contributed by atoms with Crippen molar-refractivity contribution in [3.05, 3.63) is 28.6 Å². The third-order valence-corrected chi connectivity index (χ3v) is 6.26. The molecule has 136 valence electrons. The van der Waals surface area contributed by atoms with Gasteiger partial charge in [0.1, 0.15) is 17.5 Å². The first kappa shape index (κ1) is 17.6. The van der Waals surface area contributed by atoms with Crippen LogP contribution in [0.3, 0.4) is 0 Å². The zero-order valence-corrected chi connectivity index (χ0v) is 14.7. The summed E-state index contributed by atoms with van der Waals surface area (Å²) >= 11 is 0. The molecule has 10 heteroatoms. The number of pyridine rings is 1. The maximum atomic E-state index is 11.7. The molecule has 0 atom stereocenters. The maximum absolute atomic E-state index is 11.7. The van der Waals surface area contributed by atoms with Crippen LogP contribution in [0.25, 0.3) is 11.0 Å². The predicted octanol–water partition coefficient (Wildman–Crippen LogP) is 1.99. The van der Waals surface area contributed by atoms with Crippen LogP contribution in [0.15, 0.2) is 18.5 Å². The van der Waals surface area contributed by atoms with Gasteiger partial charge in [-0.2, -0.15) is 0 Å². The molecule has 2 aromatic heterocycles. The zero-order chi connectivity index (χ0) is 18.0. The van der Waals surface area contributed by atoms with Crippen LogP contribution in [0.1, 0.15) is 25.7 Å². The molecule has 1 fully saturated rings. The van der Waals surface area contributed by atoms with E-state index in [2.05, 4.69) is 20.0 Å². The van der Waals surface area contributed by atoms with Crippen LogP contribution >= 0.6 is 0 Å². The van der Waals surface area contributed by atoms with E-state index in [1.807, 2.05) is 0 Å². The van der Waals surface area contributed by atoms with Gasteiger partial charge in [0.15, 0.2) is 0 Å². The Hall–Kier alpha value is -2.20. The van der Waals surface area contributed by atoms with Crippen molar-refractivity contribution in [1.82, 2.24) is 14.7 Å². The molecule has 0 radical (unpaired) electrons. The van der Waals surface area contributed by atoms with Gasteiger partial charge < -0.3 is 10.3 Å². The van der Waals surface area contributed by atoms with Crippen LogP contribution in [0.2, 0.25) is 0 Å². The fourth-order valence-corrected chi connectivity index (χ4v) is 4.48. The Balaban J connectivity index is 1.72. The molecule has 0 spiro atoms. The first-order chi connectivity index (χ1) is 11.9. The van der Waals surface area contributed by atoms with E-state index in [-0.39, 0.29) is 23.4 Å². The van der Waals surface area contributed by atoms with E-state index in [1.165, 1.54) is 13.2 Å². The van der Waals surface area contributed by atoms with Crippen LogP contribution in [-0.2, 0) is 10.0 Å². The lowest BCUT2D eigenvalue weighted by Crippen LogP contribution is -2.32. The number of hydrogen-bond acceptors (Lipinski definition) is 6. The Morgan fingerprint density at radius 3 is 2.72 bits per heavy atom. The largest absolute Gasteiger partial charge is 0.376 e. The monoisotopic (exact) mass is 367 g/mol. The third kappa shape index (κ3) is 3.90. The lowest BCUT2D eigenvalue weighted by atomic mass is 9.87. The minimum atomic E-state index is -3.21. The third-order valence-electron chi connectivity index (χ3n) is 4.72. The summed E-state index contributed by atoms with van der Waals surface area (Å²) in [6, 6.07) is 1.84. The number of nitrogens with zero attached hydrogens (tertiary/aromatic N) is 2. The lowest BCUT2D eigenvalue weighted by Gasteiger charge is -2.29. The SMILES string of the molecule is CNS(=O)(=O)C[C@H]1CC[C@H](Nc2c([N+](=O)[O-])cnc3[nH]ccc23)CC1. The number of fused-ring (bicyclic) bond motifs is 1. The van der Waals surface area contributed by atoms with Crippen molar-refractivity contribution in [2.45, 2.75) is 31.7 Å². The molecule has 9 nitrogen and oxygen atoms in total. The van der Waals surface area contributed by atoms with Crippen LogP contribution in [0, 0.1) is 16.0 Å². The summed E-state index contributed by atoms with van der Waals surface area (Å²) in [7, 11) is -1.78. The minimum absolute atomic E-state index is 0.0491. The molecule has 25 heavy (non-hydrogen) atoms. The van der Waals surface area contributed by atoms with E-state index in [1.54, 1.807) is 12.3 Å². The molecular formula is C15H21N5O4S. The molecule has 0 amide bonds. The summed E-state index contributed by atoms with van der Waals surface area (Å²) in [5.74, 6) is 0.253. The Morgan fingerprint density at radius 2 is 2.08 bits per heavy atom. The van der Waals surface area contributed by atoms with Gasteiger partial charge in [-0.15, -0.1) is 0 Å². The zero-order valence-electron chi connectivity index (χ0n) is 13.9. The maximum Gasteiger partial charge on any atom is 0.311 e. The second-order valence-electron chi connectivity index (χ2n) is 6.36. The molecule has 0 aromatic carbocycles. The highest BCUT2D eigenvalue weighted by Gasteiger charge is 2.27. The smallest absolute Gasteiger partial charge is 0.311 e. The lowest BCUT2D eigenvalue weighted by molar-refractivity contribution is -0.384. The number of H-pyrrole nitrogens is 1. The Kier molecular flexibility index (Phi) is 4.91. The molecule has 1 saturated carbocycles. The molecule has 1 aliphatic rings. The molecule has 3 rings (SSSR count). The highest BCUT2D eigenvalue weighted by Crippen LogP contribution is 2.34. The van der Waals surface area contributed by atoms with Gasteiger partial charge in [-0.3, -0.25) is 10.1 Å². The van der Waals surface area contributed by atoms with Gasteiger partial charge in [-0.1, -0.05) is 0 Å². The first-order valence-corrected chi connectivity index (χ1v) is 9.83. The average Bonchev–Trinajstić information content (AvgIpc) is 3.05. The molecular weight excluding hydrogens is 346 g/mol. The van der Waals surface area contributed by atoms with E-state index < -0.39 is 14.9 Å². The number of nitro groups is 1. The molecule has 2 heterocycles. The van der Waals surface area contributed by atoms with Crippen molar-refractivity contribution < 1.29 is 13.3 Å². The van der Waals surface area contributed by atoms with Crippen molar-refractivity contribution in [3.8, 4) is 0 Å².